The molecule has 0 spiro atoms. The summed E-state index contributed by atoms with van der Waals surface area (Å²) < 4.78 is 57.4. The summed E-state index contributed by atoms with van der Waals surface area (Å²) >= 11 is 0. The van der Waals surface area contributed by atoms with Crippen LogP contribution in [0.15, 0.2) is 6.20 Å². The smallest absolute Gasteiger partial charge is 0.390 e. The van der Waals surface area contributed by atoms with Gasteiger partial charge < -0.3 is 19.9 Å². The van der Waals surface area contributed by atoms with Crippen LogP contribution in [0.1, 0.15) is 45.4 Å². The molecule has 0 unspecified atom stereocenters. The van der Waals surface area contributed by atoms with E-state index >= 15 is 0 Å². The SMILES string of the molecule is CCOc1ncc(F)c(Nc2n[nH]c3c2CN(C(=O)N2CCN(CCC(F)(F)F)C[C@@H]2C)C3(C)C)n1. The van der Waals surface area contributed by atoms with Gasteiger partial charge in [-0.3, -0.25) is 10.00 Å². The summed E-state index contributed by atoms with van der Waals surface area (Å²) in [5.41, 5.74) is 0.655. The Morgan fingerprint density at radius 1 is 1.31 bits per heavy atom. The quantitative estimate of drug-likeness (QED) is 0.568. The highest BCUT2D eigenvalue weighted by atomic mass is 19.4. The van der Waals surface area contributed by atoms with Crippen LogP contribution in [0, 0.1) is 5.82 Å². The van der Waals surface area contributed by atoms with Crippen molar-refractivity contribution in [1.29, 1.82) is 0 Å². The number of nitrogens with zero attached hydrogens (tertiary/aromatic N) is 6. The van der Waals surface area contributed by atoms with E-state index in [0.29, 0.717) is 43.3 Å². The first-order valence-corrected chi connectivity index (χ1v) is 11.8. The fraction of sp³-hybridized carbons (Fsp3) is 0.636. The summed E-state index contributed by atoms with van der Waals surface area (Å²) in [4.78, 5) is 26.5. The fourth-order valence-electron chi connectivity index (χ4n) is 4.64. The number of amides is 2. The highest BCUT2D eigenvalue weighted by Crippen LogP contribution is 2.42. The number of hydrogen-bond donors (Lipinski definition) is 2. The average molecular weight is 515 g/mol. The molecule has 0 aromatic carbocycles. The largest absolute Gasteiger partial charge is 0.464 e. The molecule has 2 aliphatic heterocycles. The molecule has 2 amide bonds. The van der Waals surface area contributed by atoms with E-state index in [4.69, 9.17) is 4.74 Å². The Hall–Kier alpha value is -3.16. The number of aromatic amines is 1. The third-order valence-corrected chi connectivity index (χ3v) is 6.60. The van der Waals surface area contributed by atoms with Crippen molar-refractivity contribution >= 4 is 17.7 Å². The summed E-state index contributed by atoms with van der Waals surface area (Å²) in [6, 6.07) is -0.448. The Morgan fingerprint density at radius 3 is 2.72 bits per heavy atom. The van der Waals surface area contributed by atoms with Crippen LogP contribution in [0.2, 0.25) is 0 Å². The van der Waals surface area contributed by atoms with Gasteiger partial charge in [-0.2, -0.15) is 23.3 Å². The molecule has 1 saturated heterocycles. The molecule has 14 heteroatoms. The van der Waals surface area contributed by atoms with Gasteiger partial charge in [0.15, 0.2) is 17.5 Å². The van der Waals surface area contributed by atoms with Crippen LogP contribution in [0.25, 0.3) is 0 Å². The zero-order chi connectivity index (χ0) is 26.3. The van der Waals surface area contributed by atoms with Crippen molar-refractivity contribution in [2.45, 2.75) is 58.4 Å². The molecule has 4 heterocycles. The molecule has 1 fully saturated rings. The maximum Gasteiger partial charge on any atom is 0.390 e. The van der Waals surface area contributed by atoms with E-state index < -0.39 is 24.0 Å². The zero-order valence-corrected chi connectivity index (χ0v) is 20.6. The van der Waals surface area contributed by atoms with Crippen LogP contribution >= 0.6 is 0 Å². The van der Waals surface area contributed by atoms with E-state index in [9.17, 15) is 22.4 Å². The van der Waals surface area contributed by atoms with E-state index in [0.717, 1.165) is 6.20 Å². The lowest BCUT2D eigenvalue weighted by Crippen LogP contribution is -2.58. The number of nitrogens with one attached hydrogen (secondary N) is 2. The standard InChI is InChI=1S/C22H30F4N8O2/c1-5-36-19-27-10-15(23)18(29-19)28-17-14-12-34(21(3,4)16(14)30-31-17)20(35)33-9-8-32(11-13(33)2)7-6-22(24,25)26/h10,13H,5-9,11-12H2,1-4H3,(H2,27,28,29,30,31)/t13-/m0/s1. The van der Waals surface area contributed by atoms with E-state index in [1.807, 2.05) is 20.8 Å². The Labute approximate surface area is 206 Å². The first-order valence-electron chi connectivity index (χ1n) is 11.8. The van der Waals surface area contributed by atoms with E-state index in [1.54, 1.807) is 21.6 Å². The van der Waals surface area contributed by atoms with Gasteiger partial charge >= 0.3 is 18.2 Å². The third-order valence-electron chi connectivity index (χ3n) is 6.60. The van der Waals surface area contributed by atoms with Gasteiger partial charge in [-0.15, -0.1) is 0 Å². The third kappa shape index (κ3) is 5.18. The molecular formula is C22H30F4N8O2. The van der Waals surface area contributed by atoms with Gasteiger partial charge in [-0.25, -0.2) is 14.2 Å². The lowest BCUT2D eigenvalue weighted by Gasteiger charge is -2.44. The maximum atomic E-state index is 14.3. The van der Waals surface area contributed by atoms with Crippen LogP contribution in [0.4, 0.5) is 34.0 Å². The highest BCUT2D eigenvalue weighted by molar-refractivity contribution is 5.78. The average Bonchev–Trinajstić information content (AvgIpc) is 3.32. The molecule has 0 saturated carbocycles. The number of alkyl halides is 3. The Balaban J connectivity index is 1.47. The van der Waals surface area contributed by atoms with Gasteiger partial charge in [0.1, 0.15) is 0 Å². The first kappa shape index (κ1) is 25.9. The van der Waals surface area contributed by atoms with E-state index in [2.05, 4.69) is 25.5 Å². The number of piperazine rings is 1. The molecule has 2 aliphatic rings. The van der Waals surface area contributed by atoms with Crippen LogP contribution < -0.4 is 10.1 Å². The second-order valence-corrected chi connectivity index (χ2v) is 9.47. The molecule has 1 atom stereocenters. The number of halogens is 4. The number of rotatable bonds is 6. The molecular weight excluding hydrogens is 484 g/mol. The predicted octanol–water partition coefficient (Wildman–Crippen LogP) is 3.61. The van der Waals surface area contributed by atoms with Crippen molar-refractivity contribution in [2.24, 2.45) is 0 Å². The van der Waals surface area contributed by atoms with Crippen LogP contribution in [0.5, 0.6) is 6.01 Å². The monoisotopic (exact) mass is 514 g/mol. The summed E-state index contributed by atoms with van der Waals surface area (Å²) in [7, 11) is 0. The number of aromatic nitrogens is 4. The number of hydrogen-bond acceptors (Lipinski definition) is 7. The van der Waals surface area contributed by atoms with Gasteiger partial charge in [-0.1, -0.05) is 0 Å². The first-order chi connectivity index (χ1) is 16.9. The molecule has 198 valence electrons. The van der Waals surface area contributed by atoms with Gasteiger partial charge in [0.05, 0.1) is 37.0 Å². The summed E-state index contributed by atoms with van der Waals surface area (Å²) in [6.07, 6.45) is -4.08. The minimum Gasteiger partial charge on any atom is -0.464 e. The number of ether oxygens (including phenoxy) is 1. The summed E-state index contributed by atoms with van der Waals surface area (Å²) in [5.74, 6) is -0.454. The van der Waals surface area contributed by atoms with Crippen molar-refractivity contribution in [1.82, 2.24) is 34.9 Å². The molecule has 2 N–H and O–H groups in total. The van der Waals surface area contributed by atoms with E-state index in [1.165, 1.54) is 0 Å². The van der Waals surface area contributed by atoms with Crippen LogP contribution in [-0.4, -0.2) is 85.9 Å². The van der Waals surface area contributed by atoms with Crippen molar-refractivity contribution < 1.29 is 27.1 Å². The minimum atomic E-state index is -4.21. The molecule has 36 heavy (non-hydrogen) atoms. The van der Waals surface area contributed by atoms with Crippen LogP contribution in [0.3, 0.4) is 0 Å². The molecule has 0 aliphatic carbocycles. The number of fused-ring (bicyclic) bond motifs is 1. The Morgan fingerprint density at radius 2 is 2.06 bits per heavy atom. The molecule has 10 nitrogen and oxygen atoms in total. The zero-order valence-electron chi connectivity index (χ0n) is 20.6. The molecule has 2 aromatic rings. The minimum absolute atomic E-state index is 0.0223. The predicted molar refractivity (Wildman–Crippen MR) is 122 cm³/mol. The van der Waals surface area contributed by atoms with Crippen molar-refractivity contribution in [3.05, 3.63) is 23.3 Å². The topological polar surface area (TPSA) is 103 Å². The number of urea groups is 1. The van der Waals surface area contributed by atoms with E-state index in [-0.39, 0.29) is 37.0 Å². The van der Waals surface area contributed by atoms with Crippen molar-refractivity contribution in [2.75, 3.05) is 38.1 Å². The van der Waals surface area contributed by atoms with Crippen LogP contribution in [-0.2, 0) is 12.1 Å². The molecule has 0 bridgehead atoms. The number of carbonyl (C=O) groups excluding carboxylic acids is 1. The second-order valence-electron chi connectivity index (χ2n) is 9.47. The highest BCUT2D eigenvalue weighted by Gasteiger charge is 2.46. The molecule has 4 rings (SSSR count). The Bertz CT molecular complexity index is 1110. The number of H-pyrrole nitrogens is 1. The molecule has 2 aromatic heterocycles. The lowest BCUT2D eigenvalue weighted by molar-refractivity contribution is -0.139. The summed E-state index contributed by atoms with van der Waals surface area (Å²) in [5, 5.41) is 10.1. The number of anilines is 2. The van der Waals surface area contributed by atoms with Crippen molar-refractivity contribution in [3.8, 4) is 6.01 Å². The van der Waals surface area contributed by atoms with Gasteiger partial charge in [0.25, 0.3) is 0 Å². The maximum absolute atomic E-state index is 14.3. The number of carbonyl (C=O) groups is 1. The van der Waals surface area contributed by atoms with Gasteiger partial charge in [-0.05, 0) is 27.7 Å². The van der Waals surface area contributed by atoms with Gasteiger partial charge in [0, 0.05) is 37.8 Å². The summed E-state index contributed by atoms with van der Waals surface area (Å²) in [6.45, 7) is 8.87. The normalized spacial score (nSPS) is 19.9. The van der Waals surface area contributed by atoms with Gasteiger partial charge in [0.2, 0.25) is 0 Å². The van der Waals surface area contributed by atoms with Crippen molar-refractivity contribution in [3.63, 3.8) is 0 Å². The molecule has 0 radical (unpaired) electrons. The second kappa shape index (κ2) is 9.71. The Kier molecular flexibility index (Phi) is 6.99. The fourth-order valence-corrected chi connectivity index (χ4v) is 4.64. The lowest BCUT2D eigenvalue weighted by atomic mass is 10.0.